The number of methoxy groups -OCH3 is 2. The normalized spacial score (nSPS) is 19.1. The summed E-state index contributed by atoms with van der Waals surface area (Å²) in [6, 6.07) is 14.9. The zero-order valence-corrected chi connectivity index (χ0v) is 21.3. The van der Waals surface area contributed by atoms with Crippen LogP contribution in [0.3, 0.4) is 0 Å². The van der Waals surface area contributed by atoms with Gasteiger partial charge in [0.25, 0.3) is 0 Å². The summed E-state index contributed by atoms with van der Waals surface area (Å²) in [5.41, 5.74) is 4.04. The lowest BCUT2D eigenvalue weighted by Gasteiger charge is -2.38. The van der Waals surface area contributed by atoms with Gasteiger partial charge in [0.15, 0.2) is 12.1 Å². The number of carbonyl (C=O) groups is 2. The predicted molar refractivity (Wildman–Crippen MR) is 137 cm³/mol. The van der Waals surface area contributed by atoms with Gasteiger partial charge in [-0.3, -0.25) is 9.59 Å². The number of Topliss-reactive ketones (excluding diaryl/α,β-unsaturated/α-hetero) is 1. The second-order valence-electron chi connectivity index (χ2n) is 9.76. The average molecular weight is 498 g/mol. The highest BCUT2D eigenvalue weighted by molar-refractivity contribution is 6.30. The summed E-state index contributed by atoms with van der Waals surface area (Å²) >= 11 is 6.19. The van der Waals surface area contributed by atoms with Crippen molar-refractivity contribution in [1.82, 2.24) is 5.32 Å². The lowest BCUT2D eigenvalue weighted by Crippen LogP contribution is -2.44. The fourth-order valence-electron chi connectivity index (χ4n) is 4.89. The van der Waals surface area contributed by atoms with Crippen molar-refractivity contribution in [2.45, 2.75) is 39.0 Å². The lowest BCUT2D eigenvalue weighted by molar-refractivity contribution is -0.126. The van der Waals surface area contributed by atoms with Crippen LogP contribution in [-0.2, 0) is 19.1 Å². The lowest BCUT2D eigenvalue weighted by atomic mass is 9.73. The first-order valence-electron chi connectivity index (χ1n) is 11.7. The summed E-state index contributed by atoms with van der Waals surface area (Å²) in [6.45, 7) is 4.47. The molecular formula is C27H32ClN3O4. The first-order chi connectivity index (χ1) is 16.7. The number of allylic oxidation sites excluding steroid dienone is 1. The summed E-state index contributed by atoms with van der Waals surface area (Å²) in [4.78, 5) is 28.8. The molecule has 0 radical (unpaired) electrons. The van der Waals surface area contributed by atoms with E-state index < -0.39 is 12.3 Å². The van der Waals surface area contributed by atoms with Crippen molar-refractivity contribution < 1.29 is 19.1 Å². The van der Waals surface area contributed by atoms with Crippen molar-refractivity contribution in [2.24, 2.45) is 5.41 Å². The number of nitrogens with one attached hydrogen (secondary N) is 2. The molecule has 1 aliphatic carbocycles. The summed E-state index contributed by atoms with van der Waals surface area (Å²) in [7, 11) is 3.05. The van der Waals surface area contributed by atoms with E-state index in [1.165, 1.54) is 14.2 Å². The number of rotatable bonds is 7. The Labute approximate surface area is 211 Å². The molecule has 1 unspecified atom stereocenters. The molecule has 0 saturated heterocycles. The van der Waals surface area contributed by atoms with Gasteiger partial charge >= 0.3 is 0 Å². The van der Waals surface area contributed by atoms with E-state index in [0.29, 0.717) is 17.0 Å². The quantitative estimate of drug-likeness (QED) is 0.540. The number of benzene rings is 2. The zero-order chi connectivity index (χ0) is 25.2. The van der Waals surface area contributed by atoms with E-state index in [2.05, 4.69) is 24.5 Å². The maximum atomic E-state index is 13.6. The molecule has 0 bridgehead atoms. The van der Waals surface area contributed by atoms with Gasteiger partial charge in [0.1, 0.15) is 0 Å². The van der Waals surface area contributed by atoms with Crippen molar-refractivity contribution in [2.75, 3.05) is 37.5 Å². The molecule has 1 aliphatic heterocycles. The van der Waals surface area contributed by atoms with Gasteiger partial charge < -0.3 is 25.0 Å². The van der Waals surface area contributed by atoms with Crippen LogP contribution in [0.25, 0.3) is 0 Å². The molecule has 1 heterocycles. The Kier molecular flexibility index (Phi) is 7.50. The molecule has 0 spiro atoms. The minimum atomic E-state index is -0.541. The third-order valence-corrected chi connectivity index (χ3v) is 6.75. The fourth-order valence-corrected chi connectivity index (χ4v) is 5.02. The van der Waals surface area contributed by atoms with Crippen molar-refractivity contribution in [3.63, 3.8) is 0 Å². The minimum Gasteiger partial charge on any atom is -0.357 e. The van der Waals surface area contributed by atoms with Crippen LogP contribution in [0.2, 0.25) is 5.02 Å². The molecule has 35 heavy (non-hydrogen) atoms. The molecule has 2 aromatic carbocycles. The highest BCUT2D eigenvalue weighted by Crippen LogP contribution is 2.48. The highest BCUT2D eigenvalue weighted by atomic mass is 35.5. The Morgan fingerprint density at radius 2 is 1.83 bits per heavy atom. The van der Waals surface area contributed by atoms with Gasteiger partial charge in [0, 0.05) is 36.9 Å². The van der Waals surface area contributed by atoms with Gasteiger partial charge in [-0.1, -0.05) is 49.7 Å². The van der Waals surface area contributed by atoms with Crippen LogP contribution >= 0.6 is 11.6 Å². The van der Waals surface area contributed by atoms with E-state index in [4.69, 9.17) is 21.1 Å². The third kappa shape index (κ3) is 5.53. The SMILES string of the molecule is COC(CNC(=O)CN1c2ccccc2NC2=C(C(=O)CC(C)(C)C2)C1c1ccc(Cl)cc1)OC. The molecule has 186 valence electrons. The number of ketones is 1. The van der Waals surface area contributed by atoms with Gasteiger partial charge in [-0.15, -0.1) is 0 Å². The van der Waals surface area contributed by atoms with Gasteiger partial charge in [0.2, 0.25) is 5.91 Å². The van der Waals surface area contributed by atoms with Crippen molar-refractivity contribution in [1.29, 1.82) is 0 Å². The predicted octanol–water partition coefficient (Wildman–Crippen LogP) is 4.69. The van der Waals surface area contributed by atoms with E-state index >= 15 is 0 Å². The number of anilines is 2. The van der Waals surface area contributed by atoms with Crippen LogP contribution in [0.4, 0.5) is 11.4 Å². The molecule has 8 heteroatoms. The molecule has 2 N–H and O–H groups in total. The fraction of sp³-hybridized carbons (Fsp3) is 0.407. The van der Waals surface area contributed by atoms with Gasteiger partial charge in [-0.25, -0.2) is 0 Å². The molecule has 7 nitrogen and oxygen atoms in total. The summed E-state index contributed by atoms with van der Waals surface area (Å²) in [6.07, 6.45) is 0.633. The molecular weight excluding hydrogens is 466 g/mol. The monoisotopic (exact) mass is 497 g/mol. The van der Waals surface area contributed by atoms with Crippen LogP contribution in [0.5, 0.6) is 0 Å². The molecule has 0 fully saturated rings. The molecule has 0 aromatic heterocycles. The van der Waals surface area contributed by atoms with E-state index in [1.54, 1.807) is 0 Å². The van der Waals surface area contributed by atoms with Gasteiger partial charge in [-0.05, 0) is 41.7 Å². The third-order valence-electron chi connectivity index (χ3n) is 6.50. The first-order valence-corrected chi connectivity index (χ1v) is 12.1. The average Bonchev–Trinajstić information content (AvgIpc) is 2.94. The maximum Gasteiger partial charge on any atom is 0.239 e. The molecule has 2 aliphatic rings. The van der Waals surface area contributed by atoms with Crippen LogP contribution in [-0.4, -0.2) is 45.3 Å². The van der Waals surface area contributed by atoms with E-state index in [1.807, 2.05) is 53.4 Å². The topological polar surface area (TPSA) is 79.9 Å². The number of hydrogen-bond acceptors (Lipinski definition) is 6. The Morgan fingerprint density at radius 1 is 1.14 bits per heavy atom. The van der Waals surface area contributed by atoms with E-state index in [9.17, 15) is 9.59 Å². The molecule has 0 saturated carbocycles. The van der Waals surface area contributed by atoms with E-state index in [-0.39, 0.29) is 30.2 Å². The second-order valence-corrected chi connectivity index (χ2v) is 10.2. The standard InChI is InChI=1S/C27H32ClN3O4/c1-27(2)13-20-25(22(32)14-27)26(17-9-11-18(28)12-10-17)31(21-8-6-5-7-19(21)30-20)16-23(33)29-15-24(34-3)35-4/h5-12,24,26,30H,13-16H2,1-4H3,(H,29,33). The smallest absolute Gasteiger partial charge is 0.239 e. The van der Waals surface area contributed by atoms with Crippen molar-refractivity contribution >= 4 is 34.7 Å². The summed E-state index contributed by atoms with van der Waals surface area (Å²) in [5, 5.41) is 7.05. The number of ether oxygens (including phenoxy) is 2. The number of fused-ring (bicyclic) bond motifs is 1. The van der Waals surface area contributed by atoms with Crippen LogP contribution in [0.15, 0.2) is 59.8 Å². The Hall–Kier alpha value is -2.87. The van der Waals surface area contributed by atoms with Crippen molar-refractivity contribution in [3.05, 3.63) is 70.4 Å². The molecule has 1 amide bonds. The second kappa shape index (κ2) is 10.4. The molecule has 1 atom stereocenters. The Bertz CT molecular complexity index is 1130. The molecule has 4 rings (SSSR count). The summed E-state index contributed by atoms with van der Waals surface area (Å²) < 4.78 is 10.4. The number of halogens is 1. The number of nitrogens with zero attached hydrogens (tertiary/aromatic N) is 1. The zero-order valence-electron chi connectivity index (χ0n) is 20.6. The largest absolute Gasteiger partial charge is 0.357 e. The van der Waals surface area contributed by atoms with Gasteiger partial charge in [-0.2, -0.15) is 0 Å². The number of carbonyl (C=O) groups excluding carboxylic acids is 2. The number of amides is 1. The number of para-hydroxylation sites is 2. The maximum absolute atomic E-state index is 13.6. The number of hydrogen-bond donors (Lipinski definition) is 2. The van der Waals surface area contributed by atoms with E-state index in [0.717, 1.165) is 29.1 Å². The van der Waals surface area contributed by atoms with Gasteiger partial charge in [0.05, 0.1) is 30.5 Å². The van der Waals surface area contributed by atoms with Crippen molar-refractivity contribution in [3.8, 4) is 0 Å². The van der Waals surface area contributed by atoms with Crippen LogP contribution in [0.1, 0.15) is 38.3 Å². The Morgan fingerprint density at radius 3 is 2.51 bits per heavy atom. The van der Waals surface area contributed by atoms with Crippen LogP contribution < -0.4 is 15.5 Å². The highest BCUT2D eigenvalue weighted by Gasteiger charge is 2.41. The minimum absolute atomic E-state index is 0.0413. The molecule has 2 aromatic rings. The first kappa shape index (κ1) is 25.2. The van der Waals surface area contributed by atoms with Crippen LogP contribution in [0, 0.1) is 5.41 Å². The Balaban J connectivity index is 1.81. The summed E-state index contributed by atoms with van der Waals surface area (Å²) in [5.74, 6) is -0.119.